The van der Waals surface area contributed by atoms with Crippen LogP contribution in [0.2, 0.25) is 0 Å². The highest BCUT2D eigenvalue weighted by atomic mass is 79.9. The van der Waals surface area contributed by atoms with Crippen LogP contribution in [0.5, 0.6) is 5.75 Å². The van der Waals surface area contributed by atoms with Gasteiger partial charge in [-0.3, -0.25) is 0 Å². The highest BCUT2D eigenvalue weighted by Crippen LogP contribution is 2.30. The van der Waals surface area contributed by atoms with Crippen LogP contribution in [0.25, 0.3) is 38.6 Å². The van der Waals surface area contributed by atoms with E-state index in [1.807, 2.05) is 60.8 Å². The molecule has 0 unspecified atom stereocenters. The number of methoxy groups -OCH3 is 1. The van der Waals surface area contributed by atoms with Gasteiger partial charge in [-0.1, -0.05) is 15.9 Å². The van der Waals surface area contributed by atoms with Crippen molar-refractivity contribution in [2.45, 2.75) is 6.92 Å². The zero-order chi connectivity index (χ0) is 21.5. The number of ether oxygens (including phenoxy) is 1. The van der Waals surface area contributed by atoms with E-state index in [1.165, 1.54) is 11.3 Å². The predicted octanol–water partition coefficient (Wildman–Crippen LogP) is 5.85. The van der Waals surface area contributed by atoms with Gasteiger partial charge in [0.1, 0.15) is 11.3 Å². The molecule has 8 heteroatoms. The Hall–Kier alpha value is -3.23. The molecule has 3 aromatic heterocycles. The topological polar surface area (TPSA) is 70.2 Å². The van der Waals surface area contributed by atoms with E-state index in [4.69, 9.17) is 14.1 Å². The Morgan fingerprint density at radius 3 is 2.68 bits per heavy atom. The maximum atomic E-state index is 12.8. The molecular weight excluding hydrogens is 478 g/mol. The molecule has 0 amide bonds. The standard InChI is InChI=1S/C23H16BrN3O3S/c1-13-9-20(18-11-15-10-16(24)5-8-21(15)30-22(18)28)27(26-13)23-25-19(12-31-23)14-3-6-17(29-2)7-4-14/h3-12H,1-2H3. The Morgan fingerprint density at radius 1 is 1.10 bits per heavy atom. The van der Waals surface area contributed by atoms with Gasteiger partial charge in [0, 0.05) is 20.8 Å². The fraction of sp³-hybridized carbons (Fsp3) is 0.0870. The number of aromatic nitrogens is 3. The number of hydrogen-bond donors (Lipinski definition) is 0. The third-order valence-electron chi connectivity index (χ3n) is 4.86. The maximum absolute atomic E-state index is 12.8. The Labute approximate surface area is 189 Å². The third-order valence-corrected chi connectivity index (χ3v) is 6.17. The lowest BCUT2D eigenvalue weighted by molar-refractivity contribution is 0.415. The molecule has 154 valence electrons. The third kappa shape index (κ3) is 3.68. The fourth-order valence-corrected chi connectivity index (χ4v) is 4.54. The van der Waals surface area contributed by atoms with Crippen molar-refractivity contribution in [3.05, 3.63) is 80.6 Å². The van der Waals surface area contributed by atoms with E-state index in [-0.39, 0.29) is 0 Å². The summed E-state index contributed by atoms with van der Waals surface area (Å²) in [6.07, 6.45) is 0. The van der Waals surface area contributed by atoms with Crippen LogP contribution in [-0.2, 0) is 0 Å². The van der Waals surface area contributed by atoms with Crippen molar-refractivity contribution in [3.8, 4) is 33.4 Å². The van der Waals surface area contributed by atoms with Crippen molar-refractivity contribution in [2.75, 3.05) is 7.11 Å². The molecule has 0 fully saturated rings. The van der Waals surface area contributed by atoms with Crippen LogP contribution in [0.1, 0.15) is 5.69 Å². The van der Waals surface area contributed by atoms with Gasteiger partial charge in [-0.25, -0.2) is 14.5 Å². The molecule has 0 aliphatic rings. The second-order valence-electron chi connectivity index (χ2n) is 6.96. The first-order valence-electron chi connectivity index (χ1n) is 9.42. The zero-order valence-corrected chi connectivity index (χ0v) is 19.0. The molecule has 31 heavy (non-hydrogen) atoms. The van der Waals surface area contributed by atoms with Crippen LogP contribution in [0.4, 0.5) is 0 Å². The average Bonchev–Trinajstić information content (AvgIpc) is 3.40. The summed E-state index contributed by atoms with van der Waals surface area (Å²) in [6.45, 7) is 1.89. The van der Waals surface area contributed by atoms with Gasteiger partial charge in [0.05, 0.1) is 29.8 Å². The van der Waals surface area contributed by atoms with E-state index in [0.29, 0.717) is 22.0 Å². The second-order valence-corrected chi connectivity index (χ2v) is 8.71. The first-order chi connectivity index (χ1) is 15.0. The number of rotatable bonds is 4. The molecule has 0 aliphatic carbocycles. The summed E-state index contributed by atoms with van der Waals surface area (Å²) >= 11 is 4.93. The lowest BCUT2D eigenvalue weighted by Crippen LogP contribution is -2.07. The van der Waals surface area contributed by atoms with Crippen LogP contribution in [0, 0.1) is 6.92 Å². The van der Waals surface area contributed by atoms with Crippen molar-refractivity contribution in [2.24, 2.45) is 0 Å². The highest BCUT2D eigenvalue weighted by molar-refractivity contribution is 9.10. The SMILES string of the molecule is COc1ccc(-c2csc(-n3nc(C)cc3-c3cc4cc(Br)ccc4oc3=O)n2)cc1. The lowest BCUT2D eigenvalue weighted by Gasteiger charge is -2.05. The molecule has 0 saturated carbocycles. The molecule has 3 heterocycles. The number of fused-ring (bicyclic) bond motifs is 1. The van der Waals surface area contributed by atoms with E-state index < -0.39 is 5.63 Å². The summed E-state index contributed by atoms with van der Waals surface area (Å²) in [5.41, 5.74) is 3.79. The molecule has 6 nitrogen and oxygen atoms in total. The van der Waals surface area contributed by atoms with Gasteiger partial charge in [-0.2, -0.15) is 5.10 Å². The van der Waals surface area contributed by atoms with Gasteiger partial charge >= 0.3 is 5.63 Å². The molecule has 0 saturated heterocycles. The predicted molar refractivity (Wildman–Crippen MR) is 125 cm³/mol. The van der Waals surface area contributed by atoms with Crippen LogP contribution in [0.3, 0.4) is 0 Å². The van der Waals surface area contributed by atoms with Crippen molar-refractivity contribution in [1.29, 1.82) is 0 Å². The van der Waals surface area contributed by atoms with Crippen LogP contribution in [-0.4, -0.2) is 21.9 Å². The molecule has 0 atom stereocenters. The minimum Gasteiger partial charge on any atom is -0.497 e. The van der Waals surface area contributed by atoms with Gasteiger partial charge in [-0.15, -0.1) is 11.3 Å². The van der Waals surface area contributed by atoms with Gasteiger partial charge in [0.25, 0.3) is 0 Å². The Morgan fingerprint density at radius 2 is 1.90 bits per heavy atom. The summed E-state index contributed by atoms with van der Waals surface area (Å²) in [5, 5.41) is 8.05. The number of nitrogens with zero attached hydrogens (tertiary/aromatic N) is 3. The Kier molecular flexibility index (Phi) is 4.95. The van der Waals surface area contributed by atoms with Gasteiger partial charge in [0.2, 0.25) is 5.13 Å². The summed E-state index contributed by atoms with van der Waals surface area (Å²) in [5.74, 6) is 0.791. The van der Waals surface area contributed by atoms with E-state index in [9.17, 15) is 4.79 Å². The number of halogens is 1. The molecule has 0 aliphatic heterocycles. The summed E-state index contributed by atoms with van der Waals surface area (Å²) < 4.78 is 13.4. The van der Waals surface area contributed by atoms with Crippen LogP contribution < -0.4 is 10.4 Å². The van der Waals surface area contributed by atoms with Gasteiger partial charge in [-0.05, 0) is 61.5 Å². The Bertz CT molecular complexity index is 1470. The average molecular weight is 494 g/mol. The first-order valence-corrected chi connectivity index (χ1v) is 11.1. The zero-order valence-electron chi connectivity index (χ0n) is 16.6. The molecule has 0 bridgehead atoms. The van der Waals surface area contributed by atoms with E-state index >= 15 is 0 Å². The summed E-state index contributed by atoms with van der Waals surface area (Å²) in [6, 6.07) is 16.9. The van der Waals surface area contributed by atoms with Crippen molar-refractivity contribution in [3.63, 3.8) is 0 Å². The van der Waals surface area contributed by atoms with Gasteiger partial charge < -0.3 is 9.15 Å². The van der Waals surface area contributed by atoms with Crippen LogP contribution in [0.15, 0.2) is 73.7 Å². The van der Waals surface area contributed by atoms with E-state index in [0.717, 1.165) is 32.6 Å². The number of hydrogen-bond acceptors (Lipinski definition) is 6. The molecule has 0 N–H and O–H groups in total. The van der Waals surface area contributed by atoms with Crippen molar-refractivity contribution in [1.82, 2.24) is 14.8 Å². The largest absolute Gasteiger partial charge is 0.497 e. The van der Waals surface area contributed by atoms with Crippen molar-refractivity contribution < 1.29 is 9.15 Å². The number of thiazole rings is 1. The molecule has 0 radical (unpaired) electrons. The second kappa shape index (κ2) is 7.79. The molecule has 2 aromatic carbocycles. The van der Waals surface area contributed by atoms with Crippen molar-refractivity contribution >= 4 is 38.2 Å². The minimum absolute atomic E-state index is 0.414. The molecule has 0 spiro atoms. The monoisotopic (exact) mass is 493 g/mol. The highest BCUT2D eigenvalue weighted by Gasteiger charge is 2.18. The summed E-state index contributed by atoms with van der Waals surface area (Å²) in [7, 11) is 1.64. The molecule has 5 aromatic rings. The fourth-order valence-electron chi connectivity index (χ4n) is 3.37. The molecule has 5 rings (SSSR count). The normalized spacial score (nSPS) is 11.2. The van der Waals surface area contributed by atoms with E-state index in [2.05, 4.69) is 21.0 Å². The quantitative estimate of drug-likeness (QED) is 0.293. The van der Waals surface area contributed by atoms with E-state index in [1.54, 1.807) is 17.9 Å². The van der Waals surface area contributed by atoms with Crippen LogP contribution >= 0.6 is 27.3 Å². The molecular formula is C23H16BrN3O3S. The van der Waals surface area contributed by atoms with Gasteiger partial charge in [0.15, 0.2) is 0 Å². The smallest absolute Gasteiger partial charge is 0.345 e. The Balaban J connectivity index is 1.61. The number of aryl methyl sites for hydroxylation is 1. The lowest BCUT2D eigenvalue weighted by atomic mass is 10.1. The minimum atomic E-state index is -0.414. The summed E-state index contributed by atoms with van der Waals surface area (Å²) in [4.78, 5) is 17.5. The maximum Gasteiger partial charge on any atom is 0.345 e. The first kappa shape index (κ1) is 19.7. The number of benzene rings is 2.